The van der Waals surface area contributed by atoms with Gasteiger partial charge in [-0.3, -0.25) is 14.7 Å². The zero-order chi connectivity index (χ0) is 27.3. The minimum atomic E-state index is 0.0323. The molecule has 0 radical (unpaired) electrons. The molecule has 3 heterocycles. The molecule has 0 N–H and O–H groups in total. The zero-order valence-electron chi connectivity index (χ0n) is 23.4. The second-order valence-corrected chi connectivity index (χ2v) is 11.0. The Morgan fingerprint density at radius 2 is 1.64 bits per heavy atom. The van der Waals surface area contributed by atoms with E-state index >= 15 is 0 Å². The molecular weight excluding hydrogens is 484 g/mol. The van der Waals surface area contributed by atoms with Gasteiger partial charge in [0.15, 0.2) is 0 Å². The van der Waals surface area contributed by atoms with Gasteiger partial charge in [-0.25, -0.2) is 0 Å². The highest BCUT2D eigenvalue weighted by molar-refractivity contribution is 6.16. The lowest BCUT2D eigenvalue weighted by atomic mass is 9.97. The monoisotopic (exact) mass is 520 g/mol. The molecule has 0 bridgehead atoms. The van der Waals surface area contributed by atoms with Crippen LogP contribution in [0.5, 0.6) is 5.75 Å². The smallest absolute Gasteiger partial charge is 0.258 e. The molecule has 39 heavy (non-hydrogen) atoms. The van der Waals surface area contributed by atoms with E-state index in [4.69, 9.17) is 9.72 Å². The highest BCUT2D eigenvalue weighted by Crippen LogP contribution is 2.41. The molecule has 0 spiro atoms. The third-order valence-corrected chi connectivity index (χ3v) is 8.54. The average Bonchev–Trinajstić information content (AvgIpc) is 3.36. The minimum Gasteiger partial charge on any atom is -0.495 e. The van der Waals surface area contributed by atoms with Crippen LogP contribution in [-0.4, -0.2) is 61.7 Å². The molecule has 0 saturated carbocycles. The van der Waals surface area contributed by atoms with Gasteiger partial charge >= 0.3 is 0 Å². The number of amides is 1. The number of ether oxygens (including phenoxy) is 1. The molecule has 2 aliphatic rings. The summed E-state index contributed by atoms with van der Waals surface area (Å²) in [7, 11) is 3.93. The zero-order valence-corrected chi connectivity index (χ0v) is 23.4. The van der Waals surface area contributed by atoms with E-state index in [0.717, 1.165) is 69.9 Å². The topological polar surface area (TPSA) is 48.9 Å². The van der Waals surface area contributed by atoms with E-state index in [2.05, 4.69) is 55.0 Å². The number of carbonyl (C=O) groups excluding carboxylic acids is 1. The van der Waals surface area contributed by atoms with Crippen LogP contribution >= 0.6 is 0 Å². The molecule has 3 aromatic carbocycles. The molecule has 1 saturated heterocycles. The number of piperazine rings is 1. The van der Waals surface area contributed by atoms with Crippen LogP contribution in [0.1, 0.15) is 35.5 Å². The first-order valence-electron chi connectivity index (χ1n) is 13.8. The number of carbonyl (C=O) groups is 1. The van der Waals surface area contributed by atoms with Crippen molar-refractivity contribution in [3.8, 4) is 17.0 Å². The van der Waals surface area contributed by atoms with Crippen LogP contribution in [-0.2, 0) is 6.42 Å². The van der Waals surface area contributed by atoms with Gasteiger partial charge in [-0.1, -0.05) is 36.4 Å². The Balaban J connectivity index is 1.39. The summed E-state index contributed by atoms with van der Waals surface area (Å²) in [6, 6.07) is 23.4. The lowest BCUT2D eigenvalue weighted by molar-refractivity contribution is 0.0991. The van der Waals surface area contributed by atoms with E-state index in [0.29, 0.717) is 24.2 Å². The van der Waals surface area contributed by atoms with Gasteiger partial charge in [0, 0.05) is 54.2 Å². The van der Waals surface area contributed by atoms with Gasteiger partial charge in [0.2, 0.25) is 0 Å². The molecule has 6 heteroatoms. The Morgan fingerprint density at radius 3 is 2.38 bits per heavy atom. The van der Waals surface area contributed by atoms with Gasteiger partial charge in [-0.05, 0) is 80.9 Å². The molecule has 1 amide bonds. The molecule has 6 rings (SSSR count). The summed E-state index contributed by atoms with van der Waals surface area (Å²) in [6.07, 6.45) is 0.816. The molecule has 2 unspecified atom stereocenters. The molecule has 2 atom stereocenters. The van der Waals surface area contributed by atoms with Crippen molar-refractivity contribution in [1.29, 1.82) is 0 Å². The summed E-state index contributed by atoms with van der Waals surface area (Å²) in [5.41, 5.74) is 6.86. The lowest BCUT2D eigenvalue weighted by Crippen LogP contribution is -2.55. The molecule has 1 fully saturated rings. The number of nitrogens with zero attached hydrogens (tertiary/aromatic N) is 4. The maximum atomic E-state index is 14.2. The van der Waals surface area contributed by atoms with Crippen LogP contribution < -0.4 is 14.5 Å². The fourth-order valence-corrected chi connectivity index (χ4v) is 6.18. The van der Waals surface area contributed by atoms with Crippen molar-refractivity contribution in [2.24, 2.45) is 0 Å². The minimum absolute atomic E-state index is 0.0323. The van der Waals surface area contributed by atoms with E-state index in [9.17, 15) is 4.79 Å². The number of hydrogen-bond acceptors (Lipinski definition) is 5. The molecular formula is C33H36N4O2. The van der Waals surface area contributed by atoms with Gasteiger partial charge in [-0.15, -0.1) is 0 Å². The third-order valence-electron chi connectivity index (χ3n) is 8.54. The molecule has 4 aromatic rings. The van der Waals surface area contributed by atoms with Crippen molar-refractivity contribution in [3.63, 3.8) is 0 Å². The second-order valence-electron chi connectivity index (χ2n) is 11.0. The Morgan fingerprint density at radius 1 is 0.923 bits per heavy atom. The third kappa shape index (κ3) is 4.43. The van der Waals surface area contributed by atoms with Gasteiger partial charge < -0.3 is 14.5 Å². The van der Waals surface area contributed by atoms with Gasteiger partial charge in [0.25, 0.3) is 5.91 Å². The highest BCUT2D eigenvalue weighted by atomic mass is 16.5. The summed E-state index contributed by atoms with van der Waals surface area (Å²) in [5, 5.41) is 1.99. The summed E-state index contributed by atoms with van der Waals surface area (Å²) in [4.78, 5) is 25.7. The lowest BCUT2D eigenvalue weighted by Gasteiger charge is -2.44. The summed E-state index contributed by atoms with van der Waals surface area (Å²) in [5.74, 6) is 0.914. The van der Waals surface area contributed by atoms with Crippen molar-refractivity contribution in [3.05, 3.63) is 83.6 Å². The normalized spacial score (nSPS) is 19.4. The van der Waals surface area contributed by atoms with Crippen molar-refractivity contribution < 1.29 is 9.53 Å². The maximum absolute atomic E-state index is 14.2. The molecule has 200 valence electrons. The maximum Gasteiger partial charge on any atom is 0.258 e. The first kappa shape index (κ1) is 25.4. The largest absolute Gasteiger partial charge is 0.495 e. The van der Waals surface area contributed by atoms with Crippen LogP contribution in [0.15, 0.2) is 66.7 Å². The Labute approximate surface area is 230 Å². The van der Waals surface area contributed by atoms with E-state index in [1.54, 1.807) is 7.11 Å². The number of rotatable bonds is 4. The number of pyridine rings is 1. The average molecular weight is 521 g/mol. The van der Waals surface area contributed by atoms with Crippen molar-refractivity contribution in [2.75, 3.05) is 43.6 Å². The Kier molecular flexibility index (Phi) is 6.51. The van der Waals surface area contributed by atoms with Crippen molar-refractivity contribution >= 4 is 28.1 Å². The number of benzene rings is 3. The predicted molar refractivity (Wildman–Crippen MR) is 159 cm³/mol. The fraction of sp³-hybridized carbons (Fsp3) is 0.333. The van der Waals surface area contributed by atoms with Crippen LogP contribution in [0.3, 0.4) is 0 Å². The van der Waals surface area contributed by atoms with Gasteiger partial charge in [0.1, 0.15) is 5.75 Å². The summed E-state index contributed by atoms with van der Waals surface area (Å²) in [6.45, 7) is 9.03. The second kappa shape index (κ2) is 10.0. The van der Waals surface area contributed by atoms with Gasteiger partial charge in [0.05, 0.1) is 18.5 Å². The number of fused-ring (bicyclic) bond motifs is 2. The van der Waals surface area contributed by atoms with Crippen LogP contribution in [0.4, 0.5) is 11.4 Å². The quantitative estimate of drug-likeness (QED) is 0.333. The molecule has 2 aliphatic heterocycles. The first-order valence-corrected chi connectivity index (χ1v) is 13.8. The van der Waals surface area contributed by atoms with Crippen molar-refractivity contribution in [2.45, 2.75) is 39.3 Å². The fourth-order valence-electron chi connectivity index (χ4n) is 6.18. The molecule has 0 aliphatic carbocycles. The highest BCUT2D eigenvalue weighted by Gasteiger charge is 2.32. The first-order chi connectivity index (χ1) is 18.9. The van der Waals surface area contributed by atoms with Crippen molar-refractivity contribution in [1.82, 2.24) is 9.88 Å². The predicted octanol–water partition coefficient (Wildman–Crippen LogP) is 5.95. The Hall–Kier alpha value is -3.90. The SMILES string of the molecule is COc1cc2c(cc1N1CC(C)N(C)C(C)C1)N(C(=O)c1cccc3c(-c4cccc(C)n4)cccc13)CC2. The van der Waals surface area contributed by atoms with E-state index in [1.807, 2.05) is 54.3 Å². The van der Waals surface area contributed by atoms with Gasteiger partial charge in [-0.2, -0.15) is 0 Å². The van der Waals surface area contributed by atoms with E-state index in [-0.39, 0.29) is 5.91 Å². The van der Waals surface area contributed by atoms with Crippen LogP contribution in [0.25, 0.3) is 22.0 Å². The number of likely N-dealkylation sites (N-methyl/N-ethyl adjacent to an activating group) is 1. The van der Waals surface area contributed by atoms with Crippen LogP contribution in [0, 0.1) is 6.92 Å². The number of hydrogen-bond donors (Lipinski definition) is 0. The van der Waals surface area contributed by atoms with E-state index in [1.165, 1.54) is 0 Å². The van der Waals surface area contributed by atoms with Crippen LogP contribution in [0.2, 0.25) is 0 Å². The number of methoxy groups -OCH3 is 1. The molecule has 6 nitrogen and oxygen atoms in total. The number of aromatic nitrogens is 1. The summed E-state index contributed by atoms with van der Waals surface area (Å²) < 4.78 is 5.86. The number of aryl methyl sites for hydroxylation is 1. The standard InChI is InChI=1S/C33H36N4O2/c1-21-9-6-14-29(34-21)27-12-7-11-26-25(27)10-8-13-28(26)33(38)37-16-15-24-17-32(39-5)31(18-30(24)37)36-19-22(2)35(4)23(3)20-36/h6-14,17-18,22-23H,15-16,19-20H2,1-5H3. The number of anilines is 2. The summed E-state index contributed by atoms with van der Waals surface area (Å²) >= 11 is 0. The molecule has 1 aromatic heterocycles. The Bertz CT molecular complexity index is 1550. The van der Waals surface area contributed by atoms with E-state index < -0.39 is 0 Å².